The second-order valence-electron chi connectivity index (χ2n) is 7.40. The molecule has 6 nitrogen and oxygen atoms in total. The van der Waals surface area contributed by atoms with Gasteiger partial charge in [0.05, 0.1) is 31.0 Å². The summed E-state index contributed by atoms with van der Waals surface area (Å²) < 4.78 is 16.8. The predicted molar refractivity (Wildman–Crippen MR) is 111 cm³/mol. The molecule has 1 amide bonds. The Morgan fingerprint density at radius 1 is 1.21 bits per heavy atom. The van der Waals surface area contributed by atoms with E-state index in [9.17, 15) is 4.79 Å². The number of oxazole rings is 1. The largest absolute Gasteiger partial charge is 0.494 e. The number of nitrogens with one attached hydrogen (secondary N) is 1. The lowest BCUT2D eigenvalue weighted by molar-refractivity contribution is -0.121. The lowest BCUT2D eigenvalue weighted by atomic mass is 9.96. The number of hydrogen-bond donors (Lipinski definition) is 1. The van der Waals surface area contributed by atoms with Gasteiger partial charge in [-0.25, -0.2) is 4.98 Å². The molecule has 3 aromatic rings. The van der Waals surface area contributed by atoms with Gasteiger partial charge in [-0.05, 0) is 44.4 Å². The van der Waals surface area contributed by atoms with E-state index in [1.807, 2.05) is 31.2 Å². The molecule has 0 radical (unpaired) electrons. The molecule has 0 aliphatic carbocycles. The van der Waals surface area contributed by atoms with E-state index >= 15 is 0 Å². The first kappa shape index (κ1) is 20.7. The van der Waals surface area contributed by atoms with Gasteiger partial charge in [0.15, 0.2) is 5.76 Å². The third-order valence-electron chi connectivity index (χ3n) is 4.59. The zero-order valence-corrected chi connectivity index (χ0v) is 17.4. The Kier molecular flexibility index (Phi) is 6.75. The molecule has 0 unspecified atom stereocenters. The molecule has 29 heavy (non-hydrogen) atoms. The molecule has 1 aromatic carbocycles. The molecule has 1 N–H and O–H groups in total. The summed E-state index contributed by atoms with van der Waals surface area (Å²) in [6.45, 7) is 8.61. The van der Waals surface area contributed by atoms with Crippen LogP contribution in [0.25, 0.3) is 11.7 Å². The Bertz CT molecular complexity index is 928. The van der Waals surface area contributed by atoms with Crippen LogP contribution in [0.5, 0.6) is 5.75 Å². The van der Waals surface area contributed by atoms with Gasteiger partial charge in [0.2, 0.25) is 5.91 Å². The molecular weight excluding hydrogens is 368 g/mol. The number of nitrogens with zero attached hydrogens (tertiary/aromatic N) is 1. The van der Waals surface area contributed by atoms with Crippen LogP contribution in [0.1, 0.15) is 50.3 Å². The fourth-order valence-electron chi connectivity index (χ4n) is 3.29. The summed E-state index contributed by atoms with van der Waals surface area (Å²) >= 11 is 0. The van der Waals surface area contributed by atoms with Crippen LogP contribution in [-0.2, 0) is 11.2 Å². The Morgan fingerprint density at radius 3 is 2.69 bits per heavy atom. The zero-order chi connectivity index (χ0) is 20.8. The average molecular weight is 396 g/mol. The Hall–Kier alpha value is -3.02. The highest BCUT2D eigenvalue weighted by Crippen LogP contribution is 2.30. The number of furan rings is 1. The zero-order valence-electron chi connectivity index (χ0n) is 17.4. The molecule has 0 aliphatic heterocycles. The predicted octanol–water partition coefficient (Wildman–Crippen LogP) is 5.09. The fraction of sp³-hybridized carbons (Fsp3) is 0.391. The fourth-order valence-corrected chi connectivity index (χ4v) is 3.29. The van der Waals surface area contributed by atoms with Crippen LogP contribution < -0.4 is 10.1 Å². The Balaban J connectivity index is 1.76. The standard InChI is InChI=1S/C23H28N2O4/c1-5-27-20-10-7-6-9-17(20)19(13-15(2)3)24-22(26)14-18-16(4)29-23(25-18)21-11-8-12-28-21/h6-12,15,19H,5,13-14H2,1-4H3,(H,24,26)/t19-/m1/s1. The van der Waals surface area contributed by atoms with Gasteiger partial charge in [-0.15, -0.1) is 0 Å². The molecule has 6 heteroatoms. The van der Waals surface area contributed by atoms with E-state index < -0.39 is 0 Å². The molecule has 154 valence electrons. The van der Waals surface area contributed by atoms with Crippen LogP contribution in [0.4, 0.5) is 0 Å². The van der Waals surface area contributed by atoms with Crippen molar-refractivity contribution in [2.24, 2.45) is 5.92 Å². The minimum atomic E-state index is -0.137. The molecule has 1 atom stereocenters. The lowest BCUT2D eigenvalue weighted by Crippen LogP contribution is -2.31. The highest BCUT2D eigenvalue weighted by Gasteiger charge is 2.22. The van der Waals surface area contributed by atoms with E-state index in [4.69, 9.17) is 13.6 Å². The van der Waals surface area contributed by atoms with Crippen molar-refractivity contribution >= 4 is 5.91 Å². The second kappa shape index (κ2) is 9.45. The highest BCUT2D eigenvalue weighted by molar-refractivity contribution is 5.79. The maximum atomic E-state index is 12.8. The van der Waals surface area contributed by atoms with E-state index in [1.165, 1.54) is 0 Å². The average Bonchev–Trinajstić information content (AvgIpc) is 3.32. The van der Waals surface area contributed by atoms with E-state index in [0.717, 1.165) is 17.7 Å². The summed E-state index contributed by atoms with van der Waals surface area (Å²) in [5.74, 6) is 2.65. The van der Waals surface area contributed by atoms with Gasteiger partial charge < -0.3 is 18.9 Å². The molecule has 0 saturated carbocycles. The monoisotopic (exact) mass is 396 g/mol. The SMILES string of the molecule is CCOc1ccccc1[C@@H](CC(C)C)NC(=O)Cc1nc(-c2ccco2)oc1C. The number of hydrogen-bond acceptors (Lipinski definition) is 5. The highest BCUT2D eigenvalue weighted by atomic mass is 16.5. The van der Waals surface area contributed by atoms with Gasteiger partial charge in [-0.1, -0.05) is 32.0 Å². The summed E-state index contributed by atoms with van der Waals surface area (Å²) in [4.78, 5) is 17.3. The number of aryl methyl sites for hydroxylation is 1. The first-order valence-electron chi connectivity index (χ1n) is 9.99. The van der Waals surface area contributed by atoms with Gasteiger partial charge >= 0.3 is 0 Å². The number of aromatic nitrogens is 1. The van der Waals surface area contributed by atoms with Crippen LogP contribution in [0.15, 0.2) is 51.5 Å². The topological polar surface area (TPSA) is 77.5 Å². The molecule has 3 rings (SSSR count). The summed E-state index contributed by atoms with van der Waals surface area (Å²) in [6.07, 6.45) is 2.51. The van der Waals surface area contributed by atoms with E-state index in [1.54, 1.807) is 25.3 Å². The third kappa shape index (κ3) is 5.28. The summed E-state index contributed by atoms with van der Waals surface area (Å²) in [6, 6.07) is 11.3. The first-order valence-corrected chi connectivity index (χ1v) is 9.99. The van der Waals surface area contributed by atoms with Crippen LogP contribution in [0, 0.1) is 12.8 Å². The van der Waals surface area contributed by atoms with Crippen molar-refractivity contribution in [2.45, 2.75) is 46.6 Å². The Labute approximate surface area is 171 Å². The van der Waals surface area contributed by atoms with Crippen molar-refractivity contribution in [3.63, 3.8) is 0 Å². The van der Waals surface area contributed by atoms with Crippen molar-refractivity contribution in [1.82, 2.24) is 10.3 Å². The summed E-state index contributed by atoms with van der Waals surface area (Å²) in [5, 5.41) is 3.16. The molecule has 2 aromatic heterocycles. The Morgan fingerprint density at radius 2 is 2.00 bits per heavy atom. The van der Waals surface area contributed by atoms with Crippen molar-refractivity contribution in [2.75, 3.05) is 6.61 Å². The number of ether oxygens (including phenoxy) is 1. The number of amides is 1. The number of carbonyl (C=O) groups is 1. The molecule has 0 bridgehead atoms. The van der Waals surface area contributed by atoms with Gasteiger partial charge in [-0.3, -0.25) is 4.79 Å². The number of carbonyl (C=O) groups excluding carboxylic acids is 1. The van der Waals surface area contributed by atoms with Crippen molar-refractivity contribution in [1.29, 1.82) is 0 Å². The number of benzene rings is 1. The molecule has 0 saturated heterocycles. The van der Waals surface area contributed by atoms with Crippen molar-refractivity contribution in [3.8, 4) is 17.4 Å². The molecule has 0 spiro atoms. The van der Waals surface area contributed by atoms with E-state index in [-0.39, 0.29) is 18.4 Å². The molecule has 0 fully saturated rings. The van der Waals surface area contributed by atoms with Crippen LogP contribution in [-0.4, -0.2) is 17.5 Å². The third-order valence-corrected chi connectivity index (χ3v) is 4.59. The van der Waals surface area contributed by atoms with Crippen LogP contribution >= 0.6 is 0 Å². The number of rotatable bonds is 9. The maximum absolute atomic E-state index is 12.8. The van der Waals surface area contributed by atoms with Crippen LogP contribution in [0.2, 0.25) is 0 Å². The maximum Gasteiger partial charge on any atom is 0.263 e. The van der Waals surface area contributed by atoms with Crippen molar-refractivity contribution in [3.05, 3.63) is 59.7 Å². The van der Waals surface area contributed by atoms with Gasteiger partial charge in [0, 0.05) is 5.56 Å². The summed E-state index contributed by atoms with van der Waals surface area (Å²) in [7, 11) is 0. The normalized spacial score (nSPS) is 12.2. The second-order valence-corrected chi connectivity index (χ2v) is 7.40. The molecule has 0 aliphatic rings. The minimum Gasteiger partial charge on any atom is -0.494 e. The minimum absolute atomic E-state index is 0.107. The first-order chi connectivity index (χ1) is 14.0. The number of para-hydroxylation sites is 1. The van der Waals surface area contributed by atoms with Crippen molar-refractivity contribution < 1.29 is 18.4 Å². The summed E-state index contributed by atoms with van der Waals surface area (Å²) in [5.41, 5.74) is 1.60. The smallest absolute Gasteiger partial charge is 0.263 e. The lowest BCUT2D eigenvalue weighted by Gasteiger charge is -2.23. The van der Waals surface area contributed by atoms with Gasteiger partial charge in [0.1, 0.15) is 11.5 Å². The van der Waals surface area contributed by atoms with Crippen LogP contribution in [0.3, 0.4) is 0 Å². The quantitative estimate of drug-likeness (QED) is 0.545. The van der Waals surface area contributed by atoms with Gasteiger partial charge in [-0.2, -0.15) is 0 Å². The molecular formula is C23H28N2O4. The molecule has 2 heterocycles. The van der Waals surface area contributed by atoms with E-state index in [0.29, 0.717) is 35.6 Å². The van der Waals surface area contributed by atoms with E-state index in [2.05, 4.69) is 24.1 Å². The van der Waals surface area contributed by atoms with Gasteiger partial charge in [0.25, 0.3) is 5.89 Å².